The van der Waals surface area contributed by atoms with E-state index in [1.807, 2.05) is 0 Å². The minimum atomic E-state index is -0.607. The first-order valence-electron chi connectivity index (χ1n) is 5.76. The molecule has 2 nitrogen and oxygen atoms in total. The predicted octanol–water partition coefficient (Wildman–Crippen LogP) is 2.05. The molecule has 0 amide bonds. The minimum Gasteiger partial charge on any atom is -0.328 e. The lowest BCUT2D eigenvalue weighted by molar-refractivity contribution is 0.443. The van der Waals surface area contributed by atoms with E-state index >= 15 is 0 Å². The zero-order valence-electron chi connectivity index (χ0n) is 9.37. The maximum Gasteiger partial charge on any atom is 0.0349 e. The van der Waals surface area contributed by atoms with Crippen LogP contribution in [-0.2, 0) is 10.8 Å². The Hall–Kier alpha value is 0.110. The Labute approximate surface area is 90.1 Å². The second-order valence-corrected chi connectivity index (χ2v) is 6.36. The third kappa shape index (κ3) is 3.70. The average Bonchev–Trinajstić information content (AvgIpc) is 2.18. The second kappa shape index (κ2) is 5.86. The maximum absolute atomic E-state index is 11.9. The molecule has 0 aliphatic heterocycles. The molecule has 1 fully saturated rings. The molecule has 1 rings (SSSR count). The zero-order chi connectivity index (χ0) is 10.6. The van der Waals surface area contributed by atoms with Gasteiger partial charge >= 0.3 is 0 Å². The van der Waals surface area contributed by atoms with E-state index < -0.39 is 10.8 Å². The fourth-order valence-electron chi connectivity index (χ4n) is 1.89. The van der Waals surface area contributed by atoms with E-state index in [1.54, 1.807) is 0 Å². The Morgan fingerprint density at radius 1 is 1.36 bits per heavy atom. The van der Waals surface area contributed by atoms with Crippen LogP contribution in [0.1, 0.15) is 46.0 Å². The van der Waals surface area contributed by atoms with E-state index in [-0.39, 0.29) is 0 Å². The Bertz CT molecular complexity index is 188. The van der Waals surface area contributed by atoms with Gasteiger partial charge in [-0.25, -0.2) is 0 Å². The quantitative estimate of drug-likeness (QED) is 0.783. The van der Waals surface area contributed by atoms with Gasteiger partial charge in [-0.2, -0.15) is 0 Å². The van der Waals surface area contributed by atoms with E-state index in [1.165, 1.54) is 0 Å². The van der Waals surface area contributed by atoms with Crippen LogP contribution in [0.5, 0.6) is 0 Å². The van der Waals surface area contributed by atoms with Crippen molar-refractivity contribution in [3.05, 3.63) is 0 Å². The van der Waals surface area contributed by atoms with Crippen molar-refractivity contribution >= 4 is 10.8 Å². The molecule has 2 atom stereocenters. The van der Waals surface area contributed by atoms with E-state index in [2.05, 4.69) is 13.8 Å². The van der Waals surface area contributed by atoms with Crippen LogP contribution in [0.25, 0.3) is 0 Å². The standard InChI is InChI=1S/C11H23NOS/c1-3-9(2)8-14(13)11-6-4-10(12)5-7-11/h9-11H,3-8,12H2,1-2H3. The second-order valence-electron chi connectivity index (χ2n) is 4.60. The highest BCUT2D eigenvalue weighted by Gasteiger charge is 2.23. The normalized spacial score (nSPS) is 32.5. The highest BCUT2D eigenvalue weighted by molar-refractivity contribution is 7.85. The fourth-order valence-corrected chi connectivity index (χ4v) is 3.75. The molecule has 84 valence electrons. The molecule has 1 aliphatic carbocycles. The Kier molecular flexibility index (Phi) is 5.10. The molecule has 2 unspecified atom stereocenters. The van der Waals surface area contributed by atoms with Crippen molar-refractivity contribution in [1.82, 2.24) is 0 Å². The third-order valence-electron chi connectivity index (χ3n) is 3.24. The van der Waals surface area contributed by atoms with Crippen LogP contribution in [-0.4, -0.2) is 21.3 Å². The average molecular weight is 217 g/mol. The van der Waals surface area contributed by atoms with Crippen LogP contribution < -0.4 is 5.73 Å². The molecule has 3 heteroatoms. The van der Waals surface area contributed by atoms with Gasteiger partial charge < -0.3 is 5.73 Å². The summed E-state index contributed by atoms with van der Waals surface area (Å²) in [5.41, 5.74) is 5.83. The number of nitrogens with two attached hydrogens (primary N) is 1. The van der Waals surface area contributed by atoms with Crippen molar-refractivity contribution in [1.29, 1.82) is 0 Å². The first-order chi connectivity index (χ1) is 6.63. The van der Waals surface area contributed by atoms with Crippen molar-refractivity contribution < 1.29 is 4.21 Å². The van der Waals surface area contributed by atoms with Crippen molar-refractivity contribution in [2.45, 2.75) is 57.2 Å². The van der Waals surface area contributed by atoms with Gasteiger partial charge in [0.25, 0.3) is 0 Å². The molecule has 1 saturated carbocycles. The lowest BCUT2D eigenvalue weighted by atomic mass is 9.96. The van der Waals surface area contributed by atoms with Crippen LogP contribution in [0, 0.1) is 5.92 Å². The predicted molar refractivity (Wildman–Crippen MR) is 62.7 cm³/mol. The highest BCUT2D eigenvalue weighted by Crippen LogP contribution is 2.22. The lowest BCUT2D eigenvalue weighted by Gasteiger charge is -2.26. The van der Waals surface area contributed by atoms with Crippen LogP contribution in [0.2, 0.25) is 0 Å². The summed E-state index contributed by atoms with van der Waals surface area (Å²) in [5.74, 6) is 1.49. The molecule has 0 heterocycles. The Morgan fingerprint density at radius 3 is 2.43 bits per heavy atom. The van der Waals surface area contributed by atoms with Gasteiger partial charge in [0.2, 0.25) is 0 Å². The number of hydrogen-bond acceptors (Lipinski definition) is 2. The molecule has 0 aromatic carbocycles. The molecular weight excluding hydrogens is 194 g/mol. The van der Waals surface area contributed by atoms with Crippen molar-refractivity contribution in [3.63, 3.8) is 0 Å². The molecule has 2 N–H and O–H groups in total. The smallest absolute Gasteiger partial charge is 0.0349 e. The van der Waals surface area contributed by atoms with Gasteiger partial charge in [-0.3, -0.25) is 4.21 Å². The molecule has 0 aromatic heterocycles. The number of rotatable bonds is 4. The summed E-state index contributed by atoms with van der Waals surface area (Å²) in [5, 5.41) is 0.434. The molecular formula is C11H23NOS. The van der Waals surface area contributed by atoms with Crippen molar-refractivity contribution in [2.24, 2.45) is 11.7 Å². The zero-order valence-corrected chi connectivity index (χ0v) is 10.2. The van der Waals surface area contributed by atoms with E-state index in [0.29, 0.717) is 17.2 Å². The summed E-state index contributed by atoms with van der Waals surface area (Å²) < 4.78 is 11.9. The summed E-state index contributed by atoms with van der Waals surface area (Å²) in [6, 6.07) is 0.367. The minimum absolute atomic E-state index is 0.367. The van der Waals surface area contributed by atoms with Crippen molar-refractivity contribution in [2.75, 3.05) is 5.75 Å². The van der Waals surface area contributed by atoms with Crippen molar-refractivity contribution in [3.8, 4) is 0 Å². The van der Waals surface area contributed by atoms with Gasteiger partial charge in [0, 0.05) is 27.8 Å². The molecule has 14 heavy (non-hydrogen) atoms. The topological polar surface area (TPSA) is 43.1 Å². The van der Waals surface area contributed by atoms with Crippen LogP contribution >= 0.6 is 0 Å². The molecule has 0 aromatic rings. The highest BCUT2D eigenvalue weighted by atomic mass is 32.2. The van der Waals surface area contributed by atoms with Gasteiger partial charge in [0.15, 0.2) is 0 Å². The lowest BCUT2D eigenvalue weighted by Crippen LogP contribution is -2.32. The van der Waals surface area contributed by atoms with Gasteiger partial charge in [0.1, 0.15) is 0 Å². The Morgan fingerprint density at radius 2 is 1.93 bits per heavy atom. The fraction of sp³-hybridized carbons (Fsp3) is 1.00. The Balaban J connectivity index is 2.30. The largest absolute Gasteiger partial charge is 0.328 e. The monoisotopic (exact) mass is 217 g/mol. The summed E-state index contributed by atoms with van der Waals surface area (Å²) in [7, 11) is -0.607. The molecule has 0 saturated heterocycles. The first kappa shape index (κ1) is 12.2. The molecule has 0 spiro atoms. The third-order valence-corrected chi connectivity index (χ3v) is 5.35. The summed E-state index contributed by atoms with van der Waals surface area (Å²) in [6.07, 6.45) is 5.42. The SMILES string of the molecule is CCC(C)CS(=O)C1CCC(N)CC1. The maximum atomic E-state index is 11.9. The molecule has 0 bridgehead atoms. The van der Waals surface area contributed by atoms with Crippen LogP contribution in [0.4, 0.5) is 0 Å². The first-order valence-corrected chi connectivity index (χ1v) is 7.14. The van der Waals surface area contributed by atoms with Gasteiger partial charge in [-0.05, 0) is 31.6 Å². The van der Waals surface area contributed by atoms with Gasteiger partial charge in [-0.1, -0.05) is 20.3 Å². The van der Waals surface area contributed by atoms with Gasteiger partial charge in [-0.15, -0.1) is 0 Å². The van der Waals surface area contributed by atoms with E-state index in [4.69, 9.17) is 5.73 Å². The summed E-state index contributed by atoms with van der Waals surface area (Å²) >= 11 is 0. The summed E-state index contributed by atoms with van der Waals surface area (Å²) in [4.78, 5) is 0. The van der Waals surface area contributed by atoms with Crippen LogP contribution in [0.3, 0.4) is 0 Å². The van der Waals surface area contributed by atoms with Crippen LogP contribution in [0.15, 0.2) is 0 Å². The molecule has 1 aliphatic rings. The van der Waals surface area contributed by atoms with E-state index in [9.17, 15) is 4.21 Å². The van der Waals surface area contributed by atoms with E-state index in [0.717, 1.165) is 37.9 Å². The molecule has 0 radical (unpaired) electrons. The number of hydrogen-bond donors (Lipinski definition) is 1. The summed E-state index contributed by atoms with van der Waals surface area (Å²) in [6.45, 7) is 4.35. The van der Waals surface area contributed by atoms with Gasteiger partial charge in [0.05, 0.1) is 0 Å².